The van der Waals surface area contributed by atoms with Crippen LogP contribution in [0.15, 0.2) is 30.3 Å². The topological polar surface area (TPSA) is 95.1 Å². The number of rotatable bonds is 6. The third-order valence-electron chi connectivity index (χ3n) is 4.50. The third-order valence-corrected chi connectivity index (χ3v) is 4.50. The summed E-state index contributed by atoms with van der Waals surface area (Å²) < 4.78 is 0. The summed E-state index contributed by atoms with van der Waals surface area (Å²) in [5.41, 5.74) is 1.12. The molecule has 2 heterocycles. The molecular weight excluding hydrogens is 320 g/mol. The number of aryl methyl sites for hydroxylation is 1. The summed E-state index contributed by atoms with van der Waals surface area (Å²) in [7, 11) is 1.67. The van der Waals surface area contributed by atoms with Gasteiger partial charge in [-0.1, -0.05) is 35.5 Å². The Bertz CT molecular complexity index is 703. The normalized spacial score (nSPS) is 16.8. The van der Waals surface area contributed by atoms with Gasteiger partial charge in [0.05, 0.1) is 12.6 Å². The highest BCUT2D eigenvalue weighted by Crippen LogP contribution is 2.29. The van der Waals surface area contributed by atoms with E-state index in [2.05, 4.69) is 20.6 Å². The van der Waals surface area contributed by atoms with Gasteiger partial charge in [0, 0.05) is 20.0 Å². The first-order valence-corrected chi connectivity index (χ1v) is 8.46. The van der Waals surface area contributed by atoms with Crippen molar-refractivity contribution in [1.82, 2.24) is 30.4 Å². The summed E-state index contributed by atoms with van der Waals surface area (Å²) in [4.78, 5) is 28.1. The SMILES string of the molecule is CN(CC(=O)N1CCC[C@H]1c1nn[nH]n1)C(=O)CCc1ccccc1. The number of benzene rings is 1. The molecule has 1 aliphatic rings. The molecule has 25 heavy (non-hydrogen) atoms. The number of aromatic nitrogens is 4. The average Bonchev–Trinajstić information content (AvgIpc) is 3.31. The van der Waals surface area contributed by atoms with Gasteiger partial charge in [-0.05, 0) is 24.8 Å². The van der Waals surface area contributed by atoms with Crippen molar-refractivity contribution in [2.45, 2.75) is 31.7 Å². The number of amides is 2. The highest BCUT2D eigenvalue weighted by Gasteiger charge is 2.33. The smallest absolute Gasteiger partial charge is 0.242 e. The fourth-order valence-electron chi connectivity index (χ4n) is 3.11. The van der Waals surface area contributed by atoms with Crippen molar-refractivity contribution < 1.29 is 9.59 Å². The van der Waals surface area contributed by atoms with Crippen molar-refractivity contribution in [2.75, 3.05) is 20.1 Å². The largest absolute Gasteiger partial charge is 0.336 e. The molecule has 1 saturated heterocycles. The predicted molar refractivity (Wildman–Crippen MR) is 90.3 cm³/mol. The molecule has 1 N–H and O–H groups in total. The van der Waals surface area contributed by atoms with Crippen LogP contribution in [0, 0.1) is 0 Å². The number of H-pyrrole nitrogens is 1. The van der Waals surface area contributed by atoms with Crippen LogP contribution in [0.3, 0.4) is 0 Å². The molecule has 2 aromatic rings. The van der Waals surface area contributed by atoms with Crippen molar-refractivity contribution in [3.05, 3.63) is 41.7 Å². The highest BCUT2D eigenvalue weighted by atomic mass is 16.2. The maximum Gasteiger partial charge on any atom is 0.242 e. The van der Waals surface area contributed by atoms with E-state index < -0.39 is 0 Å². The van der Waals surface area contributed by atoms with Gasteiger partial charge < -0.3 is 9.80 Å². The van der Waals surface area contributed by atoms with E-state index in [1.165, 1.54) is 4.90 Å². The van der Waals surface area contributed by atoms with Crippen molar-refractivity contribution >= 4 is 11.8 Å². The van der Waals surface area contributed by atoms with Crippen LogP contribution in [0.25, 0.3) is 0 Å². The number of likely N-dealkylation sites (tertiary alicyclic amines) is 1. The summed E-state index contributed by atoms with van der Waals surface area (Å²) in [6.45, 7) is 0.728. The number of carbonyl (C=O) groups is 2. The molecule has 1 aliphatic heterocycles. The fraction of sp³-hybridized carbons (Fsp3) is 0.471. The Labute approximate surface area is 146 Å². The Morgan fingerprint density at radius 2 is 2.12 bits per heavy atom. The second-order valence-electron chi connectivity index (χ2n) is 6.25. The molecule has 132 valence electrons. The zero-order chi connectivity index (χ0) is 17.6. The van der Waals surface area contributed by atoms with E-state index in [-0.39, 0.29) is 24.4 Å². The van der Waals surface area contributed by atoms with Crippen LogP contribution in [0.4, 0.5) is 0 Å². The van der Waals surface area contributed by atoms with Crippen molar-refractivity contribution in [3.63, 3.8) is 0 Å². The number of hydrogen-bond acceptors (Lipinski definition) is 5. The van der Waals surface area contributed by atoms with Crippen molar-refractivity contribution in [2.24, 2.45) is 0 Å². The van der Waals surface area contributed by atoms with Gasteiger partial charge in [0.1, 0.15) is 0 Å². The van der Waals surface area contributed by atoms with E-state index in [9.17, 15) is 9.59 Å². The van der Waals surface area contributed by atoms with Gasteiger partial charge in [0.2, 0.25) is 11.8 Å². The van der Waals surface area contributed by atoms with Gasteiger partial charge in [-0.2, -0.15) is 5.21 Å². The molecule has 1 aromatic carbocycles. The first-order chi connectivity index (χ1) is 12.1. The van der Waals surface area contributed by atoms with Gasteiger partial charge in [-0.3, -0.25) is 9.59 Å². The Morgan fingerprint density at radius 1 is 1.32 bits per heavy atom. The molecule has 1 fully saturated rings. The van der Waals surface area contributed by atoms with E-state index in [0.29, 0.717) is 25.2 Å². The lowest BCUT2D eigenvalue weighted by molar-refractivity contribution is -0.140. The Kier molecular flexibility index (Phi) is 5.37. The number of hydrogen-bond donors (Lipinski definition) is 1. The summed E-state index contributed by atoms with van der Waals surface area (Å²) in [6.07, 6.45) is 2.78. The molecule has 0 unspecified atom stereocenters. The van der Waals surface area contributed by atoms with Crippen LogP contribution in [0.2, 0.25) is 0 Å². The van der Waals surface area contributed by atoms with Crippen LogP contribution in [0.1, 0.15) is 36.7 Å². The fourth-order valence-corrected chi connectivity index (χ4v) is 3.11. The Balaban J connectivity index is 1.52. The van der Waals surface area contributed by atoms with Crippen LogP contribution >= 0.6 is 0 Å². The van der Waals surface area contributed by atoms with Gasteiger partial charge in [0.15, 0.2) is 5.82 Å². The second kappa shape index (κ2) is 7.87. The zero-order valence-corrected chi connectivity index (χ0v) is 14.3. The number of tetrazole rings is 1. The van der Waals surface area contributed by atoms with Crippen LogP contribution < -0.4 is 0 Å². The molecule has 0 bridgehead atoms. The Hall–Kier alpha value is -2.77. The zero-order valence-electron chi connectivity index (χ0n) is 14.3. The van der Waals surface area contributed by atoms with Crippen LogP contribution in [-0.2, 0) is 16.0 Å². The first-order valence-electron chi connectivity index (χ1n) is 8.46. The van der Waals surface area contributed by atoms with E-state index in [4.69, 9.17) is 0 Å². The molecule has 0 radical (unpaired) electrons. The lowest BCUT2D eigenvalue weighted by Crippen LogP contribution is -2.41. The van der Waals surface area contributed by atoms with Crippen molar-refractivity contribution in [1.29, 1.82) is 0 Å². The molecule has 8 heteroatoms. The summed E-state index contributed by atoms with van der Waals surface area (Å²) in [5.74, 6) is 0.416. The number of nitrogens with zero attached hydrogens (tertiary/aromatic N) is 5. The van der Waals surface area contributed by atoms with Crippen molar-refractivity contribution in [3.8, 4) is 0 Å². The third kappa shape index (κ3) is 4.20. The minimum absolute atomic E-state index is 0.0347. The maximum absolute atomic E-state index is 12.6. The summed E-state index contributed by atoms with van der Waals surface area (Å²) in [5, 5.41) is 14.0. The lowest BCUT2D eigenvalue weighted by Gasteiger charge is -2.25. The van der Waals surface area contributed by atoms with E-state index >= 15 is 0 Å². The molecule has 0 spiro atoms. The minimum atomic E-state index is -0.154. The van der Waals surface area contributed by atoms with E-state index in [1.807, 2.05) is 30.3 Å². The Morgan fingerprint density at radius 3 is 2.84 bits per heavy atom. The monoisotopic (exact) mass is 342 g/mol. The van der Waals surface area contributed by atoms with Crippen LogP contribution in [0.5, 0.6) is 0 Å². The highest BCUT2D eigenvalue weighted by molar-refractivity contribution is 5.85. The number of likely N-dealkylation sites (N-methyl/N-ethyl adjacent to an activating group) is 1. The van der Waals surface area contributed by atoms with Gasteiger partial charge >= 0.3 is 0 Å². The second-order valence-corrected chi connectivity index (χ2v) is 6.25. The molecule has 8 nitrogen and oxygen atoms in total. The lowest BCUT2D eigenvalue weighted by atomic mass is 10.1. The molecule has 0 saturated carbocycles. The van der Waals surface area contributed by atoms with Crippen LogP contribution in [-0.4, -0.2) is 62.4 Å². The molecule has 0 aliphatic carbocycles. The molecule has 3 rings (SSSR count). The first kappa shape index (κ1) is 17.1. The van der Waals surface area contributed by atoms with Gasteiger partial charge in [-0.25, -0.2) is 0 Å². The minimum Gasteiger partial charge on any atom is -0.336 e. The van der Waals surface area contributed by atoms with E-state index in [0.717, 1.165) is 18.4 Å². The average molecular weight is 342 g/mol. The standard InChI is InChI=1S/C17H22N6O2/c1-22(15(24)10-9-13-6-3-2-4-7-13)12-16(25)23-11-5-8-14(23)17-18-20-21-19-17/h2-4,6-7,14H,5,8-12H2,1H3,(H,18,19,20,21)/t14-/m0/s1. The van der Waals surface area contributed by atoms with Gasteiger partial charge in [0.25, 0.3) is 0 Å². The molecule has 1 aromatic heterocycles. The number of aromatic amines is 1. The molecule has 1 atom stereocenters. The predicted octanol–water partition coefficient (Wildman–Crippen LogP) is 0.954. The number of nitrogens with one attached hydrogen (secondary N) is 1. The maximum atomic E-state index is 12.6. The molecule has 2 amide bonds. The summed E-state index contributed by atoms with van der Waals surface area (Å²) >= 11 is 0. The molecular formula is C17H22N6O2. The number of carbonyl (C=O) groups excluding carboxylic acids is 2. The summed E-state index contributed by atoms with van der Waals surface area (Å²) in [6, 6.07) is 9.71. The quantitative estimate of drug-likeness (QED) is 0.843. The van der Waals surface area contributed by atoms with Gasteiger partial charge in [-0.15, -0.1) is 10.2 Å². The van der Waals surface area contributed by atoms with E-state index in [1.54, 1.807) is 11.9 Å².